The van der Waals surface area contributed by atoms with Crippen molar-refractivity contribution in [3.05, 3.63) is 89.0 Å². The molecule has 4 rings (SSSR count). The summed E-state index contributed by atoms with van der Waals surface area (Å²) in [6, 6.07) is 20.7. The fourth-order valence-corrected chi connectivity index (χ4v) is 4.06. The van der Waals surface area contributed by atoms with Crippen molar-refractivity contribution in [2.45, 2.75) is 33.7 Å². The molecule has 2 N–H and O–H groups in total. The fourth-order valence-electron chi connectivity index (χ4n) is 4.06. The van der Waals surface area contributed by atoms with Gasteiger partial charge in [0, 0.05) is 30.9 Å². The zero-order chi connectivity index (χ0) is 25.7. The zero-order valence-electron chi connectivity index (χ0n) is 20.8. The van der Waals surface area contributed by atoms with Crippen LogP contribution in [0.5, 0.6) is 5.75 Å². The molecule has 3 aromatic rings. The van der Waals surface area contributed by atoms with Crippen LogP contribution in [0.25, 0.3) is 0 Å². The Morgan fingerprint density at radius 1 is 0.944 bits per heavy atom. The molecule has 0 bridgehead atoms. The first-order valence-corrected chi connectivity index (χ1v) is 12.0. The van der Waals surface area contributed by atoms with Gasteiger partial charge in [-0.25, -0.2) is 0 Å². The number of amides is 3. The van der Waals surface area contributed by atoms with Gasteiger partial charge in [-0.1, -0.05) is 35.9 Å². The van der Waals surface area contributed by atoms with E-state index in [1.165, 1.54) is 5.56 Å². The predicted octanol–water partition coefficient (Wildman–Crippen LogP) is 4.30. The second kappa shape index (κ2) is 11.1. The number of hydrogen-bond donors (Lipinski definition) is 2. The van der Waals surface area contributed by atoms with Crippen molar-refractivity contribution in [1.82, 2.24) is 5.32 Å². The first-order valence-electron chi connectivity index (χ1n) is 12.0. The lowest BCUT2D eigenvalue weighted by Gasteiger charge is -2.17. The Morgan fingerprint density at radius 2 is 1.67 bits per heavy atom. The third-order valence-electron chi connectivity index (χ3n) is 6.39. The number of carbonyl (C=O) groups is 3. The lowest BCUT2D eigenvalue weighted by Crippen LogP contribution is -2.32. The minimum atomic E-state index is -0.395. The molecule has 0 aliphatic carbocycles. The van der Waals surface area contributed by atoms with E-state index >= 15 is 0 Å². The second-order valence-corrected chi connectivity index (χ2v) is 9.24. The molecular formula is C29H31N3O4. The minimum absolute atomic E-state index is 0.0908. The third-order valence-corrected chi connectivity index (χ3v) is 6.39. The van der Waals surface area contributed by atoms with Crippen molar-refractivity contribution < 1.29 is 19.1 Å². The van der Waals surface area contributed by atoms with Crippen molar-refractivity contribution in [3.63, 3.8) is 0 Å². The van der Waals surface area contributed by atoms with E-state index in [-0.39, 0.29) is 30.7 Å². The number of hydrogen-bond acceptors (Lipinski definition) is 4. The molecule has 3 aromatic carbocycles. The second-order valence-electron chi connectivity index (χ2n) is 9.24. The SMILES string of the molecule is Cc1ccc(CNC(=O)C2CC(=O)N(c3ccc(OCC(=O)Nc4ccc(C)c(C)c4)cc3)C2)cc1. The average molecular weight is 486 g/mol. The summed E-state index contributed by atoms with van der Waals surface area (Å²) in [6.45, 7) is 6.67. The maximum Gasteiger partial charge on any atom is 0.262 e. The summed E-state index contributed by atoms with van der Waals surface area (Å²) in [6.07, 6.45) is 0.177. The number of aryl methyl sites for hydroxylation is 3. The molecule has 7 nitrogen and oxygen atoms in total. The zero-order valence-corrected chi connectivity index (χ0v) is 20.8. The molecule has 1 aliphatic rings. The number of anilines is 2. The summed E-state index contributed by atoms with van der Waals surface area (Å²) in [7, 11) is 0. The van der Waals surface area contributed by atoms with Crippen molar-refractivity contribution in [3.8, 4) is 5.75 Å². The molecule has 7 heteroatoms. The van der Waals surface area contributed by atoms with Gasteiger partial charge in [0.1, 0.15) is 5.75 Å². The van der Waals surface area contributed by atoms with E-state index in [0.29, 0.717) is 24.5 Å². The van der Waals surface area contributed by atoms with E-state index < -0.39 is 5.92 Å². The standard InChI is InChI=1S/C29H31N3O4/c1-19-4-7-22(8-5-19)16-30-29(35)23-15-28(34)32(17-23)25-10-12-26(13-11-25)36-18-27(33)31-24-9-6-20(2)21(3)14-24/h4-14,23H,15-18H2,1-3H3,(H,30,35)(H,31,33). The van der Waals surface area contributed by atoms with Crippen molar-refractivity contribution in [2.75, 3.05) is 23.4 Å². The fraction of sp³-hybridized carbons (Fsp3) is 0.276. The molecule has 1 saturated heterocycles. The largest absolute Gasteiger partial charge is 0.484 e. The highest BCUT2D eigenvalue weighted by Crippen LogP contribution is 2.27. The lowest BCUT2D eigenvalue weighted by atomic mass is 10.1. The lowest BCUT2D eigenvalue weighted by molar-refractivity contribution is -0.126. The Bertz CT molecular complexity index is 1250. The van der Waals surface area contributed by atoms with E-state index in [2.05, 4.69) is 10.6 Å². The van der Waals surface area contributed by atoms with Crippen LogP contribution in [0.4, 0.5) is 11.4 Å². The van der Waals surface area contributed by atoms with Gasteiger partial charge in [0.2, 0.25) is 11.8 Å². The Hall–Kier alpha value is -4.13. The Morgan fingerprint density at radius 3 is 2.36 bits per heavy atom. The van der Waals surface area contributed by atoms with E-state index in [1.807, 2.05) is 63.2 Å². The highest BCUT2D eigenvalue weighted by molar-refractivity contribution is 6.00. The van der Waals surface area contributed by atoms with Crippen molar-refractivity contribution in [1.29, 1.82) is 0 Å². The average Bonchev–Trinajstić information content (AvgIpc) is 3.26. The van der Waals surface area contributed by atoms with Gasteiger partial charge in [0.25, 0.3) is 5.91 Å². The van der Waals surface area contributed by atoms with Crippen LogP contribution in [0.1, 0.15) is 28.7 Å². The molecule has 1 aliphatic heterocycles. The summed E-state index contributed by atoms with van der Waals surface area (Å²) in [5.74, 6) is -0.342. The number of nitrogens with one attached hydrogen (secondary N) is 2. The summed E-state index contributed by atoms with van der Waals surface area (Å²) < 4.78 is 5.60. The smallest absolute Gasteiger partial charge is 0.262 e. The molecule has 0 aromatic heterocycles. The highest BCUT2D eigenvalue weighted by atomic mass is 16.5. The van der Waals surface area contributed by atoms with Crippen LogP contribution in [0, 0.1) is 26.7 Å². The number of carbonyl (C=O) groups excluding carboxylic acids is 3. The summed E-state index contributed by atoms with van der Waals surface area (Å²) >= 11 is 0. The number of benzene rings is 3. The summed E-state index contributed by atoms with van der Waals surface area (Å²) in [5.41, 5.74) is 5.88. The maximum atomic E-state index is 12.6. The van der Waals surface area contributed by atoms with Gasteiger partial charge < -0.3 is 20.3 Å². The Balaban J connectivity index is 1.26. The van der Waals surface area contributed by atoms with Crippen LogP contribution >= 0.6 is 0 Å². The molecule has 1 atom stereocenters. The summed E-state index contributed by atoms with van der Waals surface area (Å²) in [4.78, 5) is 39.1. The molecule has 1 fully saturated rings. The van der Waals surface area contributed by atoms with E-state index in [1.54, 1.807) is 29.2 Å². The normalized spacial score (nSPS) is 15.0. The first kappa shape index (κ1) is 25.0. The number of rotatable bonds is 8. The molecule has 1 heterocycles. The van der Waals surface area contributed by atoms with Crippen LogP contribution in [0.15, 0.2) is 66.7 Å². The van der Waals surface area contributed by atoms with Crippen LogP contribution in [-0.2, 0) is 20.9 Å². The topological polar surface area (TPSA) is 87.7 Å². The molecule has 1 unspecified atom stereocenters. The van der Waals surface area contributed by atoms with Gasteiger partial charge in [0.05, 0.1) is 5.92 Å². The van der Waals surface area contributed by atoms with Gasteiger partial charge in [-0.2, -0.15) is 0 Å². The van der Waals surface area contributed by atoms with Crippen LogP contribution in [-0.4, -0.2) is 30.9 Å². The number of ether oxygens (including phenoxy) is 1. The molecular weight excluding hydrogens is 454 g/mol. The van der Waals surface area contributed by atoms with Crippen molar-refractivity contribution in [2.24, 2.45) is 5.92 Å². The third kappa shape index (κ3) is 6.30. The molecule has 36 heavy (non-hydrogen) atoms. The van der Waals surface area contributed by atoms with Gasteiger partial charge in [-0.05, 0) is 73.9 Å². The molecule has 0 spiro atoms. The van der Waals surface area contributed by atoms with Crippen LogP contribution in [0.3, 0.4) is 0 Å². The Labute approximate surface area is 211 Å². The first-order chi connectivity index (χ1) is 17.3. The minimum Gasteiger partial charge on any atom is -0.484 e. The quantitative estimate of drug-likeness (QED) is 0.498. The molecule has 0 radical (unpaired) electrons. The van der Waals surface area contributed by atoms with Crippen LogP contribution in [0.2, 0.25) is 0 Å². The molecule has 3 amide bonds. The van der Waals surface area contributed by atoms with Crippen LogP contribution < -0.4 is 20.3 Å². The van der Waals surface area contributed by atoms with Crippen molar-refractivity contribution >= 4 is 29.1 Å². The van der Waals surface area contributed by atoms with E-state index in [4.69, 9.17) is 4.74 Å². The Kier molecular flexibility index (Phi) is 7.68. The molecule has 0 saturated carbocycles. The number of nitrogens with zero attached hydrogens (tertiary/aromatic N) is 1. The van der Waals surface area contributed by atoms with Gasteiger partial charge in [0.15, 0.2) is 6.61 Å². The highest BCUT2D eigenvalue weighted by Gasteiger charge is 2.35. The predicted molar refractivity (Wildman–Crippen MR) is 140 cm³/mol. The van der Waals surface area contributed by atoms with E-state index in [0.717, 1.165) is 22.4 Å². The maximum absolute atomic E-state index is 12.6. The van der Waals surface area contributed by atoms with E-state index in [9.17, 15) is 14.4 Å². The molecule has 186 valence electrons. The van der Waals surface area contributed by atoms with Gasteiger partial charge in [-0.15, -0.1) is 0 Å². The van der Waals surface area contributed by atoms with Gasteiger partial charge in [-0.3, -0.25) is 14.4 Å². The monoisotopic (exact) mass is 485 g/mol. The summed E-state index contributed by atoms with van der Waals surface area (Å²) in [5, 5.41) is 5.76. The van der Waals surface area contributed by atoms with Gasteiger partial charge >= 0.3 is 0 Å².